The Kier molecular flexibility index (Phi) is 7.54. The molecule has 0 radical (unpaired) electrons. The summed E-state index contributed by atoms with van der Waals surface area (Å²) in [6, 6.07) is 8.79. The largest absolute Gasteiger partial charge is 0.478 e. The molecule has 1 fully saturated rings. The lowest BCUT2D eigenvalue weighted by atomic mass is 10.1. The molecule has 178 valence electrons. The third kappa shape index (κ3) is 6.42. The van der Waals surface area contributed by atoms with Gasteiger partial charge in [-0.15, -0.1) is 0 Å². The molecule has 9 nitrogen and oxygen atoms in total. The van der Waals surface area contributed by atoms with Crippen LogP contribution in [0.2, 0.25) is 0 Å². The number of carboxylic acid groups (broad SMARTS) is 1. The van der Waals surface area contributed by atoms with Crippen molar-refractivity contribution in [2.75, 3.05) is 42.3 Å². The fourth-order valence-corrected chi connectivity index (χ4v) is 4.63. The standard InChI is InChI=1S/C22H27FN4O5S/c1-15(2)24-21(28)14-26-9-11-27(12-10-26)17-5-8-20(19(13-17)22(29)30)25-33(31,32)18-6-3-16(23)4-7-18/h3-8,13,15,25H,9-12,14H2,1-2H3,(H,24,28)(H,29,30). The van der Waals surface area contributed by atoms with Crippen molar-refractivity contribution in [2.24, 2.45) is 0 Å². The highest BCUT2D eigenvalue weighted by molar-refractivity contribution is 7.92. The molecule has 0 unspecified atom stereocenters. The summed E-state index contributed by atoms with van der Waals surface area (Å²) in [5.74, 6) is -1.90. The second-order valence-electron chi connectivity index (χ2n) is 8.08. The first-order valence-corrected chi connectivity index (χ1v) is 12.0. The molecule has 0 bridgehead atoms. The van der Waals surface area contributed by atoms with Crippen LogP contribution in [0.3, 0.4) is 0 Å². The normalized spacial score (nSPS) is 14.8. The van der Waals surface area contributed by atoms with Gasteiger partial charge in [0.2, 0.25) is 5.91 Å². The number of carbonyl (C=O) groups is 2. The first-order chi connectivity index (χ1) is 15.5. The number of amides is 1. The number of nitrogens with one attached hydrogen (secondary N) is 2. The predicted molar refractivity (Wildman–Crippen MR) is 123 cm³/mol. The van der Waals surface area contributed by atoms with Crippen LogP contribution in [-0.4, -0.2) is 69.1 Å². The van der Waals surface area contributed by atoms with Gasteiger partial charge in [0.05, 0.1) is 22.7 Å². The van der Waals surface area contributed by atoms with Crippen molar-refractivity contribution < 1.29 is 27.5 Å². The fourth-order valence-electron chi connectivity index (χ4n) is 3.55. The van der Waals surface area contributed by atoms with E-state index in [9.17, 15) is 27.5 Å². The van der Waals surface area contributed by atoms with Crippen molar-refractivity contribution in [1.82, 2.24) is 10.2 Å². The van der Waals surface area contributed by atoms with Crippen LogP contribution in [0.4, 0.5) is 15.8 Å². The van der Waals surface area contributed by atoms with Gasteiger partial charge in [0.1, 0.15) is 5.82 Å². The summed E-state index contributed by atoms with van der Waals surface area (Å²) in [5.41, 5.74) is 0.361. The van der Waals surface area contributed by atoms with Crippen LogP contribution < -0.4 is 14.9 Å². The van der Waals surface area contributed by atoms with E-state index in [2.05, 4.69) is 10.0 Å². The van der Waals surface area contributed by atoms with Gasteiger partial charge in [0, 0.05) is 37.9 Å². The van der Waals surface area contributed by atoms with E-state index in [1.165, 1.54) is 12.1 Å². The third-order valence-corrected chi connectivity index (χ3v) is 6.54. The Labute approximate surface area is 192 Å². The minimum Gasteiger partial charge on any atom is -0.478 e. The van der Waals surface area contributed by atoms with Crippen molar-refractivity contribution in [1.29, 1.82) is 0 Å². The van der Waals surface area contributed by atoms with Crippen molar-refractivity contribution >= 4 is 33.3 Å². The summed E-state index contributed by atoms with van der Waals surface area (Å²) in [7, 11) is -4.09. The summed E-state index contributed by atoms with van der Waals surface area (Å²) in [4.78, 5) is 27.6. The topological polar surface area (TPSA) is 119 Å². The molecular weight excluding hydrogens is 451 g/mol. The van der Waals surface area contributed by atoms with Crippen LogP contribution in [0, 0.1) is 5.82 Å². The van der Waals surface area contributed by atoms with E-state index in [4.69, 9.17) is 0 Å². The highest BCUT2D eigenvalue weighted by Gasteiger charge is 2.23. The average molecular weight is 479 g/mol. The number of carbonyl (C=O) groups excluding carboxylic acids is 1. The molecule has 33 heavy (non-hydrogen) atoms. The van der Waals surface area contributed by atoms with E-state index in [1.54, 1.807) is 6.07 Å². The van der Waals surface area contributed by atoms with Gasteiger partial charge < -0.3 is 15.3 Å². The lowest BCUT2D eigenvalue weighted by molar-refractivity contribution is -0.122. The Morgan fingerprint density at radius 2 is 1.70 bits per heavy atom. The molecule has 1 aliphatic rings. The van der Waals surface area contributed by atoms with Gasteiger partial charge in [0.15, 0.2) is 0 Å². The summed E-state index contributed by atoms with van der Waals surface area (Å²) < 4.78 is 40.6. The van der Waals surface area contributed by atoms with Crippen LogP contribution in [0.5, 0.6) is 0 Å². The summed E-state index contributed by atoms with van der Waals surface area (Å²) in [6.07, 6.45) is 0. The SMILES string of the molecule is CC(C)NC(=O)CN1CCN(c2ccc(NS(=O)(=O)c3ccc(F)cc3)c(C(=O)O)c2)CC1. The van der Waals surface area contributed by atoms with Gasteiger partial charge in [-0.1, -0.05) is 0 Å². The van der Waals surface area contributed by atoms with Crippen molar-refractivity contribution in [3.63, 3.8) is 0 Å². The van der Waals surface area contributed by atoms with Crippen LogP contribution in [0.25, 0.3) is 0 Å². The molecule has 0 aliphatic carbocycles. The molecule has 3 N–H and O–H groups in total. The van der Waals surface area contributed by atoms with Gasteiger partial charge in [-0.3, -0.25) is 14.4 Å². The highest BCUT2D eigenvalue weighted by Crippen LogP contribution is 2.26. The molecular formula is C22H27FN4O5S. The van der Waals surface area contributed by atoms with Crippen LogP contribution in [0.1, 0.15) is 24.2 Å². The number of hydrogen-bond acceptors (Lipinski definition) is 6. The number of hydrogen-bond donors (Lipinski definition) is 3. The number of aromatic carboxylic acids is 1. The zero-order valence-electron chi connectivity index (χ0n) is 18.4. The molecule has 1 heterocycles. The fraction of sp³-hybridized carbons (Fsp3) is 0.364. The Balaban J connectivity index is 1.71. The second kappa shape index (κ2) is 10.2. The maximum absolute atomic E-state index is 13.1. The summed E-state index contributed by atoms with van der Waals surface area (Å²) >= 11 is 0. The van der Waals surface area contributed by atoms with Gasteiger partial charge in [-0.05, 0) is 56.3 Å². The molecule has 0 saturated carbocycles. The number of carboxylic acids is 1. The van der Waals surface area contributed by atoms with Gasteiger partial charge in [-0.25, -0.2) is 17.6 Å². The molecule has 1 saturated heterocycles. The Hall–Kier alpha value is -3.18. The molecule has 11 heteroatoms. The first kappa shape index (κ1) is 24.5. The van der Waals surface area contributed by atoms with Crippen molar-refractivity contribution in [3.8, 4) is 0 Å². The predicted octanol–water partition coefficient (Wildman–Crippen LogP) is 1.97. The Bertz CT molecular complexity index is 1110. The molecule has 2 aromatic rings. The van der Waals surface area contributed by atoms with Crippen LogP contribution in [0.15, 0.2) is 47.4 Å². The van der Waals surface area contributed by atoms with E-state index in [0.29, 0.717) is 38.4 Å². The van der Waals surface area contributed by atoms with E-state index in [0.717, 1.165) is 24.3 Å². The monoisotopic (exact) mass is 478 g/mol. The molecule has 0 spiro atoms. The second-order valence-corrected chi connectivity index (χ2v) is 9.76. The highest BCUT2D eigenvalue weighted by atomic mass is 32.2. The van der Waals surface area contributed by atoms with E-state index in [-0.39, 0.29) is 28.1 Å². The van der Waals surface area contributed by atoms with Crippen molar-refractivity contribution in [2.45, 2.75) is 24.8 Å². The minimum atomic E-state index is -4.09. The van der Waals surface area contributed by atoms with Gasteiger partial charge in [-0.2, -0.15) is 0 Å². The van der Waals surface area contributed by atoms with E-state index in [1.807, 2.05) is 23.6 Å². The maximum atomic E-state index is 13.1. The number of anilines is 2. The Morgan fingerprint density at radius 1 is 1.06 bits per heavy atom. The number of nitrogens with zero attached hydrogens (tertiary/aromatic N) is 2. The van der Waals surface area contributed by atoms with E-state index < -0.39 is 21.8 Å². The first-order valence-electron chi connectivity index (χ1n) is 10.5. The third-order valence-electron chi connectivity index (χ3n) is 5.16. The quantitative estimate of drug-likeness (QED) is 0.531. The number of sulfonamides is 1. The zero-order chi connectivity index (χ0) is 24.2. The molecule has 1 aliphatic heterocycles. The summed E-state index contributed by atoms with van der Waals surface area (Å²) in [5, 5.41) is 12.5. The summed E-state index contributed by atoms with van der Waals surface area (Å²) in [6.45, 7) is 6.55. The lowest BCUT2D eigenvalue weighted by Gasteiger charge is -2.36. The molecule has 2 aromatic carbocycles. The minimum absolute atomic E-state index is 0.0376. The molecule has 0 atom stereocenters. The number of piperazine rings is 1. The number of halogens is 1. The molecule has 0 aromatic heterocycles. The van der Waals surface area contributed by atoms with Gasteiger partial charge in [0.25, 0.3) is 10.0 Å². The maximum Gasteiger partial charge on any atom is 0.337 e. The number of rotatable bonds is 8. The number of benzene rings is 2. The van der Waals surface area contributed by atoms with Crippen molar-refractivity contribution in [3.05, 3.63) is 53.8 Å². The van der Waals surface area contributed by atoms with Crippen LogP contribution >= 0.6 is 0 Å². The lowest BCUT2D eigenvalue weighted by Crippen LogP contribution is -2.50. The van der Waals surface area contributed by atoms with Crippen LogP contribution in [-0.2, 0) is 14.8 Å². The molecule has 1 amide bonds. The molecule has 3 rings (SSSR count). The smallest absolute Gasteiger partial charge is 0.337 e. The van der Waals surface area contributed by atoms with Gasteiger partial charge >= 0.3 is 5.97 Å². The average Bonchev–Trinajstić information content (AvgIpc) is 2.74. The van der Waals surface area contributed by atoms with E-state index >= 15 is 0 Å². The zero-order valence-corrected chi connectivity index (χ0v) is 19.2. The Morgan fingerprint density at radius 3 is 2.27 bits per heavy atom.